The molecule has 10 rings (SSSR count). The van der Waals surface area contributed by atoms with Gasteiger partial charge in [0.25, 0.3) is 0 Å². The van der Waals surface area contributed by atoms with Gasteiger partial charge in [-0.25, -0.2) is 0 Å². The highest BCUT2D eigenvalue weighted by Gasteiger charge is 2.50. The quantitative estimate of drug-likeness (QED) is 0.176. The van der Waals surface area contributed by atoms with Crippen LogP contribution < -0.4 is 4.90 Å². The van der Waals surface area contributed by atoms with Gasteiger partial charge in [0, 0.05) is 22.2 Å². The van der Waals surface area contributed by atoms with Gasteiger partial charge in [0.05, 0.1) is 5.69 Å². The van der Waals surface area contributed by atoms with E-state index in [2.05, 4.69) is 211 Å². The molecule has 0 amide bonds. The minimum Gasteiger partial charge on any atom is -0.310 e. The summed E-state index contributed by atoms with van der Waals surface area (Å²) in [5.41, 5.74) is 18.2. The van der Waals surface area contributed by atoms with Crippen LogP contribution >= 0.6 is 0 Å². The molecular weight excluding hydrogens is 663 g/mol. The molecule has 0 saturated heterocycles. The molecule has 1 nitrogen and oxygen atoms in total. The van der Waals surface area contributed by atoms with Crippen molar-refractivity contribution < 1.29 is 0 Å². The topological polar surface area (TPSA) is 3.24 Å². The zero-order valence-electron chi connectivity index (χ0n) is 33.0. The fourth-order valence-electron chi connectivity index (χ4n) is 10.2. The first kappa shape index (κ1) is 33.6. The van der Waals surface area contributed by atoms with E-state index in [1.807, 2.05) is 0 Å². The number of anilines is 3. The van der Waals surface area contributed by atoms with E-state index in [1.165, 1.54) is 94.1 Å². The Hall–Kier alpha value is -5.92. The minimum absolute atomic E-state index is 0.109. The predicted molar refractivity (Wildman–Crippen MR) is 235 cm³/mol. The standard InChI is InChI=1S/C54H47N/c1-52(2,3)48-46-42-22-12-14-25-44(42)53(4,5)49(46)51(50-47(48)43-23-13-15-26-45(43)54(50,6)7)55(39-32-27-34-17-8-9-19-37(34)33-39)38-30-28-36(29-31-38)41-24-16-20-35-18-10-11-21-40(35)41/h8-33H,1-7H3. The average Bonchev–Trinajstić information content (AvgIpc) is 3.57. The maximum absolute atomic E-state index is 2.62. The largest absolute Gasteiger partial charge is 0.310 e. The SMILES string of the molecule is CC(C)(C)c1c2c(c(N(c3ccc(-c4cccc5ccccc45)cc3)c3ccc4ccccc4c3)c3c1-c1ccccc1C3(C)C)C(C)(C)c1ccccc1-2. The molecule has 0 spiro atoms. The summed E-state index contributed by atoms with van der Waals surface area (Å²) in [5, 5.41) is 5.02. The van der Waals surface area contributed by atoms with Crippen molar-refractivity contribution in [2.24, 2.45) is 0 Å². The summed E-state index contributed by atoms with van der Waals surface area (Å²) >= 11 is 0. The molecular formula is C54H47N. The van der Waals surface area contributed by atoms with E-state index >= 15 is 0 Å². The average molecular weight is 710 g/mol. The smallest absolute Gasteiger partial charge is 0.0556 e. The van der Waals surface area contributed by atoms with Crippen LogP contribution in [0.15, 0.2) is 158 Å². The summed E-state index contributed by atoms with van der Waals surface area (Å²) in [4.78, 5) is 2.62. The van der Waals surface area contributed by atoms with Crippen molar-refractivity contribution in [1.29, 1.82) is 0 Å². The van der Waals surface area contributed by atoms with Gasteiger partial charge in [-0.2, -0.15) is 0 Å². The van der Waals surface area contributed by atoms with Gasteiger partial charge in [0.2, 0.25) is 0 Å². The van der Waals surface area contributed by atoms with Crippen molar-refractivity contribution in [2.75, 3.05) is 4.90 Å². The van der Waals surface area contributed by atoms with Crippen LogP contribution in [0.3, 0.4) is 0 Å². The zero-order valence-corrected chi connectivity index (χ0v) is 33.0. The third-order valence-corrected chi connectivity index (χ3v) is 12.7. The Morgan fingerprint density at radius 1 is 0.436 bits per heavy atom. The van der Waals surface area contributed by atoms with Crippen molar-refractivity contribution in [3.8, 4) is 33.4 Å². The van der Waals surface area contributed by atoms with Crippen LogP contribution in [0.4, 0.5) is 17.1 Å². The van der Waals surface area contributed by atoms with E-state index in [1.54, 1.807) is 0 Å². The highest BCUT2D eigenvalue weighted by atomic mass is 15.2. The summed E-state index contributed by atoms with van der Waals surface area (Å²) in [5.74, 6) is 0. The predicted octanol–water partition coefficient (Wildman–Crippen LogP) is 15.0. The van der Waals surface area contributed by atoms with E-state index in [0.717, 1.165) is 5.69 Å². The summed E-state index contributed by atoms with van der Waals surface area (Å²) in [6.45, 7) is 17.1. The van der Waals surface area contributed by atoms with Crippen LogP contribution in [-0.4, -0.2) is 0 Å². The Kier molecular flexibility index (Phi) is 7.21. The lowest BCUT2D eigenvalue weighted by Gasteiger charge is -2.39. The zero-order chi connectivity index (χ0) is 37.9. The molecule has 0 heterocycles. The lowest BCUT2D eigenvalue weighted by atomic mass is 9.70. The fourth-order valence-corrected chi connectivity index (χ4v) is 10.2. The second-order valence-electron chi connectivity index (χ2n) is 17.8. The van der Waals surface area contributed by atoms with E-state index in [9.17, 15) is 0 Å². The molecule has 1 heteroatoms. The molecule has 0 aromatic heterocycles. The van der Waals surface area contributed by atoms with E-state index < -0.39 is 0 Å². The number of hydrogen-bond donors (Lipinski definition) is 0. The molecule has 2 aliphatic carbocycles. The second-order valence-corrected chi connectivity index (χ2v) is 17.8. The molecule has 0 unspecified atom stereocenters. The normalized spacial score (nSPS) is 14.7. The maximum Gasteiger partial charge on any atom is 0.0556 e. The highest BCUT2D eigenvalue weighted by molar-refractivity contribution is 6.04. The van der Waals surface area contributed by atoms with Gasteiger partial charge >= 0.3 is 0 Å². The maximum atomic E-state index is 2.62. The Morgan fingerprint density at radius 2 is 0.927 bits per heavy atom. The highest BCUT2D eigenvalue weighted by Crippen LogP contribution is 2.65. The van der Waals surface area contributed by atoms with Gasteiger partial charge in [-0.3, -0.25) is 0 Å². The van der Waals surface area contributed by atoms with Crippen molar-refractivity contribution >= 4 is 38.6 Å². The third kappa shape index (κ3) is 4.85. The van der Waals surface area contributed by atoms with Gasteiger partial charge in [-0.05, 0) is 112 Å². The molecule has 0 N–H and O–H groups in total. The van der Waals surface area contributed by atoms with Crippen molar-refractivity contribution in [3.63, 3.8) is 0 Å². The molecule has 8 aromatic carbocycles. The number of hydrogen-bond acceptors (Lipinski definition) is 1. The second kappa shape index (κ2) is 11.8. The summed E-state index contributed by atoms with van der Waals surface area (Å²) in [6.07, 6.45) is 0. The summed E-state index contributed by atoms with van der Waals surface area (Å²) < 4.78 is 0. The van der Waals surface area contributed by atoms with Crippen LogP contribution in [-0.2, 0) is 16.2 Å². The van der Waals surface area contributed by atoms with Gasteiger partial charge in [-0.1, -0.05) is 182 Å². The monoisotopic (exact) mass is 709 g/mol. The molecule has 0 saturated carbocycles. The van der Waals surface area contributed by atoms with Crippen LogP contribution in [0.1, 0.15) is 76.3 Å². The lowest BCUT2D eigenvalue weighted by Crippen LogP contribution is -2.27. The minimum atomic E-state index is -0.251. The molecule has 55 heavy (non-hydrogen) atoms. The summed E-state index contributed by atoms with van der Waals surface area (Å²) in [7, 11) is 0. The first-order valence-corrected chi connectivity index (χ1v) is 19.8. The van der Waals surface area contributed by atoms with E-state index in [-0.39, 0.29) is 16.2 Å². The Bertz CT molecular complexity index is 2750. The number of fused-ring (bicyclic) bond motifs is 8. The lowest BCUT2D eigenvalue weighted by molar-refractivity contribution is 0.587. The Labute approximate surface area is 325 Å². The van der Waals surface area contributed by atoms with Crippen molar-refractivity contribution in [2.45, 2.75) is 64.7 Å². The van der Waals surface area contributed by atoms with Gasteiger partial charge < -0.3 is 4.90 Å². The van der Waals surface area contributed by atoms with Crippen LogP contribution in [0, 0.1) is 0 Å². The first-order valence-electron chi connectivity index (χ1n) is 19.8. The molecule has 0 bridgehead atoms. The Morgan fingerprint density at radius 3 is 1.55 bits per heavy atom. The van der Waals surface area contributed by atoms with Crippen LogP contribution in [0.25, 0.3) is 54.9 Å². The number of benzene rings is 8. The third-order valence-electron chi connectivity index (χ3n) is 12.7. The van der Waals surface area contributed by atoms with Crippen LogP contribution in [0.5, 0.6) is 0 Å². The van der Waals surface area contributed by atoms with Crippen LogP contribution in [0.2, 0.25) is 0 Å². The molecule has 8 aromatic rings. The Balaban J connectivity index is 1.34. The molecule has 0 radical (unpaired) electrons. The molecule has 0 fully saturated rings. The first-order chi connectivity index (χ1) is 26.5. The number of rotatable bonds is 4. The fraction of sp³-hybridized carbons (Fsp3) is 0.185. The van der Waals surface area contributed by atoms with E-state index in [4.69, 9.17) is 0 Å². The van der Waals surface area contributed by atoms with Gasteiger partial charge in [0.15, 0.2) is 0 Å². The number of nitrogens with zero attached hydrogens (tertiary/aromatic N) is 1. The molecule has 2 aliphatic rings. The van der Waals surface area contributed by atoms with Crippen molar-refractivity contribution in [1.82, 2.24) is 0 Å². The van der Waals surface area contributed by atoms with Gasteiger partial charge in [0.1, 0.15) is 0 Å². The van der Waals surface area contributed by atoms with Crippen molar-refractivity contribution in [3.05, 3.63) is 186 Å². The summed E-state index contributed by atoms with van der Waals surface area (Å²) in [6, 6.07) is 58.9. The van der Waals surface area contributed by atoms with E-state index in [0.29, 0.717) is 0 Å². The van der Waals surface area contributed by atoms with Gasteiger partial charge in [-0.15, -0.1) is 0 Å². The molecule has 0 atom stereocenters. The molecule has 268 valence electrons. The molecule has 0 aliphatic heterocycles.